The first kappa shape index (κ1) is 18.0. The Morgan fingerprint density at radius 3 is 2.87 bits per heavy atom. The highest BCUT2D eigenvalue weighted by molar-refractivity contribution is 5.76. The third-order valence-electron chi connectivity index (χ3n) is 4.93. The van der Waals surface area contributed by atoms with Crippen molar-refractivity contribution in [3.63, 3.8) is 0 Å². The van der Waals surface area contributed by atoms with Gasteiger partial charge in [0.15, 0.2) is 0 Å². The lowest BCUT2D eigenvalue weighted by atomic mass is 10.0. The Balaban J connectivity index is 1.58. The number of hydrogen-bond acceptors (Lipinski definition) is 2. The molecule has 1 aromatic carbocycles. The molecule has 1 N–H and O–H groups in total. The first-order valence-electron chi connectivity index (χ1n) is 9.10. The van der Waals surface area contributed by atoms with E-state index in [4.69, 9.17) is 0 Å². The molecule has 1 amide bonds. The van der Waals surface area contributed by atoms with Gasteiger partial charge >= 0.3 is 0 Å². The van der Waals surface area contributed by atoms with Crippen molar-refractivity contribution in [1.29, 1.82) is 0 Å². The van der Waals surface area contributed by atoms with Crippen molar-refractivity contribution < 1.29 is 4.79 Å². The van der Waals surface area contributed by atoms with Crippen molar-refractivity contribution in [2.45, 2.75) is 52.9 Å². The van der Waals surface area contributed by atoms with Crippen LogP contribution >= 0.6 is 0 Å². The number of benzene rings is 1. The number of likely N-dealkylation sites (tertiary alicyclic amines) is 1. The van der Waals surface area contributed by atoms with Crippen LogP contribution in [0.25, 0.3) is 0 Å². The molecular weight excluding hydrogens is 284 g/mol. The van der Waals surface area contributed by atoms with E-state index in [2.05, 4.69) is 49.2 Å². The molecule has 1 aliphatic rings. The standard InChI is InChI=1S/C20H32N2O/c1-16-6-4-12-22(15-16)13-5-11-21-20(23)10-9-19-8-7-17(2)18(3)14-19/h7-8,14,16H,4-6,9-13,15H2,1-3H3,(H,21,23). The number of aryl methyl sites for hydroxylation is 3. The molecule has 1 heterocycles. The van der Waals surface area contributed by atoms with Crippen LogP contribution < -0.4 is 5.32 Å². The summed E-state index contributed by atoms with van der Waals surface area (Å²) in [6.45, 7) is 10.9. The first-order chi connectivity index (χ1) is 11.0. The van der Waals surface area contributed by atoms with Gasteiger partial charge in [-0.05, 0) is 75.2 Å². The van der Waals surface area contributed by atoms with Gasteiger partial charge in [-0.3, -0.25) is 4.79 Å². The average Bonchev–Trinajstić information content (AvgIpc) is 2.53. The highest BCUT2D eigenvalue weighted by atomic mass is 16.1. The van der Waals surface area contributed by atoms with Gasteiger partial charge in [0.2, 0.25) is 5.91 Å². The number of rotatable bonds is 7. The van der Waals surface area contributed by atoms with E-state index in [9.17, 15) is 4.79 Å². The molecule has 1 aromatic rings. The second-order valence-electron chi connectivity index (χ2n) is 7.17. The van der Waals surface area contributed by atoms with E-state index in [0.29, 0.717) is 6.42 Å². The molecule has 3 heteroatoms. The normalized spacial score (nSPS) is 18.8. The number of amides is 1. The summed E-state index contributed by atoms with van der Waals surface area (Å²) in [5.74, 6) is 1.01. The topological polar surface area (TPSA) is 32.3 Å². The molecule has 1 aliphatic heterocycles. The molecule has 0 bridgehead atoms. The van der Waals surface area contributed by atoms with Crippen molar-refractivity contribution in [3.05, 3.63) is 34.9 Å². The Labute approximate surface area is 141 Å². The molecule has 1 atom stereocenters. The van der Waals surface area contributed by atoms with E-state index in [1.807, 2.05) is 0 Å². The summed E-state index contributed by atoms with van der Waals surface area (Å²) < 4.78 is 0. The average molecular weight is 316 g/mol. The largest absolute Gasteiger partial charge is 0.356 e. The van der Waals surface area contributed by atoms with E-state index in [-0.39, 0.29) is 5.91 Å². The molecule has 1 saturated heterocycles. The fourth-order valence-corrected chi connectivity index (χ4v) is 3.33. The third-order valence-corrected chi connectivity index (χ3v) is 4.93. The van der Waals surface area contributed by atoms with Gasteiger partial charge in [0.25, 0.3) is 0 Å². The van der Waals surface area contributed by atoms with Crippen LogP contribution in [0.15, 0.2) is 18.2 Å². The fraction of sp³-hybridized carbons (Fsp3) is 0.650. The summed E-state index contributed by atoms with van der Waals surface area (Å²) in [6, 6.07) is 6.47. The van der Waals surface area contributed by atoms with Gasteiger partial charge in [0.1, 0.15) is 0 Å². The molecule has 3 nitrogen and oxygen atoms in total. The summed E-state index contributed by atoms with van der Waals surface area (Å²) in [6.07, 6.45) is 5.16. The first-order valence-corrected chi connectivity index (χ1v) is 9.10. The lowest BCUT2D eigenvalue weighted by molar-refractivity contribution is -0.121. The van der Waals surface area contributed by atoms with Gasteiger partial charge in [-0.25, -0.2) is 0 Å². The Hall–Kier alpha value is -1.35. The number of piperidine rings is 1. The SMILES string of the molecule is Cc1ccc(CCC(=O)NCCCN2CCCC(C)C2)cc1C. The predicted octanol–water partition coefficient (Wildman–Crippen LogP) is 3.47. The Bertz CT molecular complexity index is 512. The van der Waals surface area contributed by atoms with Gasteiger partial charge in [-0.1, -0.05) is 25.1 Å². The van der Waals surface area contributed by atoms with Gasteiger partial charge in [0.05, 0.1) is 0 Å². The zero-order valence-electron chi connectivity index (χ0n) is 15.0. The van der Waals surface area contributed by atoms with Crippen LogP contribution in [0, 0.1) is 19.8 Å². The van der Waals surface area contributed by atoms with Crippen LogP contribution in [0.2, 0.25) is 0 Å². The molecule has 0 spiro atoms. The number of nitrogens with zero attached hydrogens (tertiary/aromatic N) is 1. The van der Waals surface area contributed by atoms with Gasteiger partial charge < -0.3 is 10.2 Å². The van der Waals surface area contributed by atoms with Crippen LogP contribution in [-0.2, 0) is 11.2 Å². The predicted molar refractivity (Wildman–Crippen MR) is 96.7 cm³/mol. The lowest BCUT2D eigenvalue weighted by Crippen LogP contribution is -2.36. The van der Waals surface area contributed by atoms with Gasteiger partial charge in [-0.2, -0.15) is 0 Å². The summed E-state index contributed by atoms with van der Waals surface area (Å²) in [5, 5.41) is 3.06. The maximum absolute atomic E-state index is 11.9. The second kappa shape index (κ2) is 9.07. The van der Waals surface area contributed by atoms with E-state index in [0.717, 1.165) is 31.8 Å². The monoisotopic (exact) mass is 316 g/mol. The number of hydrogen-bond donors (Lipinski definition) is 1. The van der Waals surface area contributed by atoms with Crippen molar-refractivity contribution in [1.82, 2.24) is 10.2 Å². The van der Waals surface area contributed by atoms with E-state index < -0.39 is 0 Å². The number of nitrogens with one attached hydrogen (secondary N) is 1. The molecule has 1 fully saturated rings. The Kier molecular flexibility index (Phi) is 7.10. The van der Waals surface area contributed by atoms with Crippen molar-refractivity contribution in [2.75, 3.05) is 26.2 Å². The van der Waals surface area contributed by atoms with E-state index in [1.165, 1.54) is 42.6 Å². The smallest absolute Gasteiger partial charge is 0.220 e. The zero-order chi connectivity index (χ0) is 16.7. The van der Waals surface area contributed by atoms with Crippen LogP contribution in [0.5, 0.6) is 0 Å². The summed E-state index contributed by atoms with van der Waals surface area (Å²) in [7, 11) is 0. The second-order valence-corrected chi connectivity index (χ2v) is 7.17. The highest BCUT2D eigenvalue weighted by Crippen LogP contribution is 2.15. The van der Waals surface area contributed by atoms with Crippen molar-refractivity contribution in [2.24, 2.45) is 5.92 Å². The minimum atomic E-state index is 0.176. The molecule has 0 radical (unpaired) electrons. The zero-order valence-corrected chi connectivity index (χ0v) is 15.0. The minimum Gasteiger partial charge on any atom is -0.356 e. The lowest BCUT2D eigenvalue weighted by Gasteiger charge is -2.30. The third kappa shape index (κ3) is 6.34. The van der Waals surface area contributed by atoms with Crippen LogP contribution in [0.3, 0.4) is 0 Å². The number of carbonyl (C=O) groups excluding carboxylic acids is 1. The van der Waals surface area contributed by atoms with Crippen LogP contribution in [0.1, 0.15) is 49.3 Å². The number of carbonyl (C=O) groups is 1. The highest BCUT2D eigenvalue weighted by Gasteiger charge is 2.15. The molecule has 0 saturated carbocycles. The van der Waals surface area contributed by atoms with Crippen LogP contribution in [-0.4, -0.2) is 37.0 Å². The molecule has 1 unspecified atom stereocenters. The van der Waals surface area contributed by atoms with Gasteiger partial charge in [-0.15, -0.1) is 0 Å². The summed E-state index contributed by atoms with van der Waals surface area (Å²) >= 11 is 0. The fourth-order valence-electron chi connectivity index (χ4n) is 3.33. The summed E-state index contributed by atoms with van der Waals surface area (Å²) in [4.78, 5) is 14.5. The Morgan fingerprint density at radius 1 is 1.30 bits per heavy atom. The van der Waals surface area contributed by atoms with Crippen molar-refractivity contribution >= 4 is 5.91 Å². The quantitative estimate of drug-likeness (QED) is 0.781. The van der Waals surface area contributed by atoms with Gasteiger partial charge in [0, 0.05) is 19.5 Å². The maximum Gasteiger partial charge on any atom is 0.220 e. The molecule has 128 valence electrons. The van der Waals surface area contributed by atoms with E-state index >= 15 is 0 Å². The van der Waals surface area contributed by atoms with Crippen molar-refractivity contribution in [3.8, 4) is 0 Å². The Morgan fingerprint density at radius 2 is 2.13 bits per heavy atom. The maximum atomic E-state index is 11.9. The summed E-state index contributed by atoms with van der Waals surface area (Å²) in [5.41, 5.74) is 3.87. The van der Waals surface area contributed by atoms with Crippen LogP contribution in [0.4, 0.5) is 0 Å². The minimum absolute atomic E-state index is 0.176. The molecular formula is C20H32N2O. The molecule has 23 heavy (non-hydrogen) atoms. The molecule has 0 aliphatic carbocycles. The van der Waals surface area contributed by atoms with E-state index in [1.54, 1.807) is 0 Å². The molecule has 2 rings (SSSR count). The molecule has 0 aromatic heterocycles.